The van der Waals surface area contributed by atoms with Gasteiger partial charge in [0.15, 0.2) is 0 Å². The predicted molar refractivity (Wildman–Crippen MR) is 80.3 cm³/mol. The van der Waals surface area contributed by atoms with Crippen LogP contribution in [0.5, 0.6) is 0 Å². The molecule has 3 heteroatoms. The molecule has 2 aliphatic rings. The fourth-order valence-electron chi connectivity index (χ4n) is 3.56. The van der Waals surface area contributed by atoms with Crippen molar-refractivity contribution in [2.45, 2.75) is 58.1 Å². The molecule has 0 bridgehead atoms. The third-order valence-corrected chi connectivity index (χ3v) is 6.03. The largest absolute Gasteiger partial charge is 0.374 e. The zero-order valence-electron chi connectivity index (χ0n) is 12.2. The van der Waals surface area contributed by atoms with Crippen LogP contribution in [0.1, 0.15) is 46.5 Å². The first-order chi connectivity index (χ1) is 8.71. The summed E-state index contributed by atoms with van der Waals surface area (Å²) in [6.45, 7) is 9.02. The third-order valence-electron chi connectivity index (χ3n) is 4.80. The molecule has 2 rings (SSSR count). The van der Waals surface area contributed by atoms with Crippen molar-refractivity contribution in [3.8, 4) is 0 Å². The fourth-order valence-corrected chi connectivity index (χ4v) is 4.94. The molecule has 4 unspecified atom stereocenters. The molecule has 1 N–H and O–H groups in total. The highest BCUT2D eigenvalue weighted by Crippen LogP contribution is 2.42. The van der Waals surface area contributed by atoms with Gasteiger partial charge in [0.05, 0.1) is 5.60 Å². The summed E-state index contributed by atoms with van der Waals surface area (Å²) >= 11 is 2.08. The Morgan fingerprint density at radius 2 is 2.28 bits per heavy atom. The zero-order chi connectivity index (χ0) is 13.0. The van der Waals surface area contributed by atoms with Crippen molar-refractivity contribution in [2.75, 3.05) is 24.7 Å². The molecule has 0 radical (unpaired) electrons. The lowest BCUT2D eigenvalue weighted by molar-refractivity contribution is -0.0879. The number of hydrogen-bond donors (Lipinski definition) is 1. The Morgan fingerprint density at radius 1 is 1.44 bits per heavy atom. The minimum absolute atomic E-state index is 0.231. The Labute approximate surface area is 117 Å². The van der Waals surface area contributed by atoms with Crippen LogP contribution in [0.15, 0.2) is 0 Å². The maximum Gasteiger partial charge on any atom is 0.0783 e. The molecule has 0 aliphatic carbocycles. The van der Waals surface area contributed by atoms with E-state index in [4.69, 9.17) is 4.74 Å². The molecule has 2 aliphatic heterocycles. The Kier molecular flexibility index (Phi) is 5.40. The molecule has 2 nitrogen and oxygen atoms in total. The number of nitrogens with one attached hydrogen (secondary N) is 1. The molecule has 2 saturated heterocycles. The summed E-state index contributed by atoms with van der Waals surface area (Å²) in [5, 5.41) is 3.75. The lowest BCUT2D eigenvalue weighted by Crippen LogP contribution is -2.49. The monoisotopic (exact) mass is 271 g/mol. The van der Waals surface area contributed by atoms with Crippen LogP contribution in [0.4, 0.5) is 0 Å². The lowest BCUT2D eigenvalue weighted by atomic mass is 9.77. The van der Waals surface area contributed by atoms with Gasteiger partial charge in [0, 0.05) is 18.4 Å². The van der Waals surface area contributed by atoms with Gasteiger partial charge in [-0.3, -0.25) is 0 Å². The predicted octanol–water partition coefficient (Wildman–Crippen LogP) is 3.31. The summed E-state index contributed by atoms with van der Waals surface area (Å²) in [5.74, 6) is 4.11. The van der Waals surface area contributed by atoms with Crippen molar-refractivity contribution in [3.05, 3.63) is 0 Å². The van der Waals surface area contributed by atoms with Gasteiger partial charge < -0.3 is 10.1 Å². The van der Waals surface area contributed by atoms with Crippen LogP contribution in [0.3, 0.4) is 0 Å². The van der Waals surface area contributed by atoms with Crippen molar-refractivity contribution in [1.29, 1.82) is 0 Å². The van der Waals surface area contributed by atoms with E-state index < -0.39 is 0 Å². The van der Waals surface area contributed by atoms with E-state index in [0.29, 0.717) is 6.04 Å². The summed E-state index contributed by atoms with van der Waals surface area (Å²) in [4.78, 5) is 0. The molecule has 1 spiro atoms. The van der Waals surface area contributed by atoms with Gasteiger partial charge in [-0.2, -0.15) is 11.8 Å². The van der Waals surface area contributed by atoms with Gasteiger partial charge >= 0.3 is 0 Å². The van der Waals surface area contributed by atoms with Gasteiger partial charge in [-0.05, 0) is 43.4 Å². The first-order valence-electron chi connectivity index (χ1n) is 7.66. The van der Waals surface area contributed by atoms with Crippen LogP contribution in [0, 0.1) is 11.8 Å². The second-order valence-electron chi connectivity index (χ2n) is 6.06. The average molecular weight is 271 g/mol. The van der Waals surface area contributed by atoms with Gasteiger partial charge in [0.25, 0.3) is 0 Å². The Bertz CT molecular complexity index is 253. The molecule has 4 atom stereocenters. The second kappa shape index (κ2) is 6.62. The van der Waals surface area contributed by atoms with Crippen molar-refractivity contribution in [3.63, 3.8) is 0 Å². The van der Waals surface area contributed by atoms with E-state index in [-0.39, 0.29) is 5.60 Å². The molecule has 106 valence electrons. The van der Waals surface area contributed by atoms with E-state index in [1.54, 1.807) is 0 Å². The quantitative estimate of drug-likeness (QED) is 0.829. The standard InChI is InChI=1S/C15H29NOS/c1-4-12(3)14(16-5-2)13-6-8-17-15(10-13)7-9-18-11-15/h12-14,16H,4-11H2,1-3H3. The lowest BCUT2D eigenvalue weighted by Gasteiger charge is -2.42. The Balaban J connectivity index is 2.00. The maximum atomic E-state index is 6.15. The topological polar surface area (TPSA) is 21.3 Å². The zero-order valence-corrected chi connectivity index (χ0v) is 13.0. The van der Waals surface area contributed by atoms with Crippen LogP contribution in [-0.4, -0.2) is 36.3 Å². The first-order valence-corrected chi connectivity index (χ1v) is 8.81. The molecule has 0 amide bonds. The van der Waals surface area contributed by atoms with Crippen molar-refractivity contribution in [2.24, 2.45) is 11.8 Å². The summed E-state index contributed by atoms with van der Waals surface area (Å²) in [5.41, 5.74) is 0.231. The van der Waals surface area contributed by atoms with E-state index in [9.17, 15) is 0 Å². The molecule has 2 heterocycles. The van der Waals surface area contributed by atoms with Crippen molar-refractivity contribution in [1.82, 2.24) is 5.32 Å². The van der Waals surface area contributed by atoms with Crippen LogP contribution in [0.2, 0.25) is 0 Å². The normalized spacial score (nSPS) is 35.8. The minimum atomic E-state index is 0.231. The summed E-state index contributed by atoms with van der Waals surface area (Å²) in [7, 11) is 0. The number of thioether (sulfide) groups is 1. The molecule has 0 aromatic heterocycles. The SMILES string of the molecule is CCNC(C(C)CC)C1CCOC2(CCSC2)C1. The molecular weight excluding hydrogens is 242 g/mol. The molecule has 18 heavy (non-hydrogen) atoms. The van der Waals surface area contributed by atoms with Crippen LogP contribution >= 0.6 is 11.8 Å². The van der Waals surface area contributed by atoms with Crippen LogP contribution < -0.4 is 5.32 Å². The number of rotatable bonds is 5. The Morgan fingerprint density at radius 3 is 2.89 bits per heavy atom. The molecule has 0 aromatic rings. The minimum Gasteiger partial charge on any atom is -0.374 e. The highest BCUT2D eigenvalue weighted by molar-refractivity contribution is 7.99. The van der Waals surface area contributed by atoms with E-state index in [1.165, 1.54) is 37.2 Å². The van der Waals surface area contributed by atoms with E-state index >= 15 is 0 Å². The smallest absolute Gasteiger partial charge is 0.0783 e. The molecule has 2 fully saturated rings. The molecule has 0 saturated carbocycles. The van der Waals surface area contributed by atoms with E-state index in [0.717, 1.165) is 25.0 Å². The third kappa shape index (κ3) is 3.23. The molecular formula is C15H29NOS. The summed E-state index contributed by atoms with van der Waals surface area (Å²) in [6.07, 6.45) is 5.07. The first kappa shape index (κ1) is 14.7. The van der Waals surface area contributed by atoms with Gasteiger partial charge in [-0.1, -0.05) is 27.2 Å². The van der Waals surface area contributed by atoms with Gasteiger partial charge in [0.2, 0.25) is 0 Å². The number of ether oxygens (including phenoxy) is 1. The highest BCUT2D eigenvalue weighted by Gasteiger charge is 2.42. The van der Waals surface area contributed by atoms with Gasteiger partial charge in [-0.15, -0.1) is 0 Å². The van der Waals surface area contributed by atoms with Crippen molar-refractivity contribution >= 4 is 11.8 Å². The summed E-state index contributed by atoms with van der Waals surface area (Å²) < 4.78 is 6.15. The fraction of sp³-hybridized carbons (Fsp3) is 1.00. The van der Waals surface area contributed by atoms with Crippen LogP contribution in [-0.2, 0) is 4.74 Å². The van der Waals surface area contributed by atoms with Gasteiger partial charge in [0.1, 0.15) is 0 Å². The number of hydrogen-bond acceptors (Lipinski definition) is 3. The molecule has 0 aromatic carbocycles. The van der Waals surface area contributed by atoms with Crippen LogP contribution in [0.25, 0.3) is 0 Å². The average Bonchev–Trinajstić information content (AvgIpc) is 2.83. The highest BCUT2D eigenvalue weighted by atomic mass is 32.2. The maximum absolute atomic E-state index is 6.15. The van der Waals surface area contributed by atoms with Crippen molar-refractivity contribution < 1.29 is 4.74 Å². The van der Waals surface area contributed by atoms with E-state index in [1.807, 2.05) is 0 Å². The summed E-state index contributed by atoms with van der Waals surface area (Å²) in [6, 6.07) is 0.686. The van der Waals surface area contributed by atoms with E-state index in [2.05, 4.69) is 37.8 Å². The Hall–Kier alpha value is 0.270. The van der Waals surface area contributed by atoms with Gasteiger partial charge in [-0.25, -0.2) is 0 Å². The second-order valence-corrected chi connectivity index (χ2v) is 7.16.